The molecule has 1 aliphatic rings. The van der Waals surface area contributed by atoms with E-state index in [-0.39, 0.29) is 18.6 Å². The van der Waals surface area contributed by atoms with Gasteiger partial charge in [-0.2, -0.15) is 0 Å². The van der Waals surface area contributed by atoms with E-state index in [1.807, 2.05) is 6.07 Å². The number of ether oxygens (including phenoxy) is 1. The van der Waals surface area contributed by atoms with Gasteiger partial charge in [0, 0.05) is 37.3 Å². The molecule has 1 aromatic carbocycles. The number of rotatable bonds is 6. The van der Waals surface area contributed by atoms with Crippen LogP contribution in [0.15, 0.2) is 23.2 Å². The minimum absolute atomic E-state index is 0.0314. The number of aliphatic imine (C=N–C) groups is 1. The van der Waals surface area contributed by atoms with Gasteiger partial charge in [0.2, 0.25) is 5.91 Å². The number of nitrogens with one attached hydrogen (secondary N) is 2. The molecule has 0 saturated carbocycles. The Bertz CT molecular complexity index is 617. The van der Waals surface area contributed by atoms with Crippen LogP contribution in [0.2, 0.25) is 10.0 Å². The van der Waals surface area contributed by atoms with Gasteiger partial charge in [-0.25, -0.2) is 4.99 Å². The minimum Gasteiger partial charge on any atom is -0.376 e. The molecule has 6 nitrogen and oxygen atoms in total. The van der Waals surface area contributed by atoms with E-state index in [1.54, 1.807) is 26.2 Å². The van der Waals surface area contributed by atoms with Crippen LogP contribution >= 0.6 is 23.2 Å². The molecule has 0 bridgehead atoms. The quantitative estimate of drug-likeness (QED) is 0.581. The van der Waals surface area contributed by atoms with Crippen molar-refractivity contribution in [3.05, 3.63) is 33.8 Å². The van der Waals surface area contributed by atoms with Crippen LogP contribution in [-0.2, 0) is 16.1 Å². The molecule has 25 heavy (non-hydrogen) atoms. The lowest BCUT2D eigenvalue weighted by Gasteiger charge is -2.17. The molecule has 1 aliphatic heterocycles. The van der Waals surface area contributed by atoms with E-state index in [2.05, 4.69) is 15.6 Å². The minimum atomic E-state index is -0.0314. The molecule has 1 heterocycles. The van der Waals surface area contributed by atoms with Crippen molar-refractivity contribution in [3.63, 3.8) is 0 Å². The molecule has 0 aromatic heterocycles. The van der Waals surface area contributed by atoms with Gasteiger partial charge in [0.05, 0.1) is 19.2 Å². The third-order valence-corrected chi connectivity index (χ3v) is 4.44. The average molecular weight is 387 g/mol. The van der Waals surface area contributed by atoms with E-state index < -0.39 is 0 Å². The SMILES string of the molecule is CN(C)C(=O)CNC(=NCc1ccc(Cl)cc1Cl)NCC1CCCO1. The first kappa shape index (κ1) is 19.8. The Morgan fingerprint density at radius 3 is 2.80 bits per heavy atom. The second kappa shape index (κ2) is 9.85. The number of guanidine groups is 1. The maximum atomic E-state index is 11.8. The van der Waals surface area contributed by atoms with Crippen molar-refractivity contribution < 1.29 is 9.53 Å². The normalized spacial score (nSPS) is 17.4. The van der Waals surface area contributed by atoms with E-state index in [4.69, 9.17) is 27.9 Å². The van der Waals surface area contributed by atoms with Crippen molar-refractivity contribution in [2.75, 3.05) is 33.8 Å². The van der Waals surface area contributed by atoms with Crippen LogP contribution in [0.25, 0.3) is 0 Å². The summed E-state index contributed by atoms with van der Waals surface area (Å²) in [4.78, 5) is 17.8. The number of carbonyl (C=O) groups excluding carboxylic acids is 1. The molecule has 0 radical (unpaired) electrons. The predicted octanol–water partition coefficient (Wildman–Crippen LogP) is 2.30. The fourth-order valence-electron chi connectivity index (χ4n) is 2.32. The fraction of sp³-hybridized carbons (Fsp3) is 0.529. The molecule has 2 rings (SSSR count). The Labute approximate surface area is 158 Å². The first-order valence-corrected chi connectivity index (χ1v) is 8.99. The Balaban J connectivity index is 1.98. The van der Waals surface area contributed by atoms with Gasteiger partial charge in [-0.05, 0) is 30.5 Å². The number of benzene rings is 1. The number of nitrogens with zero attached hydrogens (tertiary/aromatic N) is 2. The highest BCUT2D eigenvalue weighted by atomic mass is 35.5. The van der Waals surface area contributed by atoms with Gasteiger partial charge in [-0.3, -0.25) is 4.79 Å². The highest BCUT2D eigenvalue weighted by molar-refractivity contribution is 6.35. The summed E-state index contributed by atoms with van der Waals surface area (Å²) in [5.74, 6) is 0.521. The zero-order chi connectivity index (χ0) is 18.2. The molecule has 1 saturated heterocycles. The summed E-state index contributed by atoms with van der Waals surface area (Å²) in [6.07, 6.45) is 2.28. The topological polar surface area (TPSA) is 66.0 Å². The van der Waals surface area contributed by atoms with Crippen LogP contribution in [-0.4, -0.2) is 56.7 Å². The number of halogens is 2. The third kappa shape index (κ3) is 6.72. The first-order valence-electron chi connectivity index (χ1n) is 8.23. The van der Waals surface area contributed by atoms with Crippen molar-refractivity contribution in [3.8, 4) is 0 Å². The third-order valence-electron chi connectivity index (χ3n) is 3.85. The number of amides is 1. The summed E-state index contributed by atoms with van der Waals surface area (Å²) in [6, 6.07) is 5.31. The van der Waals surface area contributed by atoms with Crippen LogP contribution in [0.5, 0.6) is 0 Å². The zero-order valence-electron chi connectivity index (χ0n) is 14.5. The van der Waals surface area contributed by atoms with Gasteiger partial charge >= 0.3 is 0 Å². The smallest absolute Gasteiger partial charge is 0.241 e. The maximum absolute atomic E-state index is 11.8. The van der Waals surface area contributed by atoms with Crippen LogP contribution in [0, 0.1) is 0 Å². The fourth-order valence-corrected chi connectivity index (χ4v) is 2.79. The van der Waals surface area contributed by atoms with Gasteiger partial charge in [-0.1, -0.05) is 29.3 Å². The Morgan fingerprint density at radius 2 is 2.16 bits per heavy atom. The highest BCUT2D eigenvalue weighted by Crippen LogP contribution is 2.21. The molecule has 1 amide bonds. The van der Waals surface area contributed by atoms with Crippen molar-refractivity contribution in [1.29, 1.82) is 0 Å². The number of likely N-dealkylation sites (N-methyl/N-ethyl adjacent to an activating group) is 1. The number of hydrogen-bond acceptors (Lipinski definition) is 3. The van der Waals surface area contributed by atoms with E-state index in [0.717, 1.165) is 25.0 Å². The number of hydrogen-bond donors (Lipinski definition) is 2. The lowest BCUT2D eigenvalue weighted by atomic mass is 10.2. The average Bonchev–Trinajstić information content (AvgIpc) is 3.08. The van der Waals surface area contributed by atoms with E-state index in [0.29, 0.717) is 29.1 Å². The molecule has 8 heteroatoms. The molecule has 1 aromatic rings. The van der Waals surface area contributed by atoms with Gasteiger partial charge in [0.25, 0.3) is 0 Å². The molecule has 1 atom stereocenters. The highest BCUT2D eigenvalue weighted by Gasteiger charge is 2.16. The monoisotopic (exact) mass is 386 g/mol. The molecular weight excluding hydrogens is 363 g/mol. The summed E-state index contributed by atoms with van der Waals surface area (Å²) in [7, 11) is 3.43. The maximum Gasteiger partial charge on any atom is 0.241 e. The van der Waals surface area contributed by atoms with Crippen molar-refractivity contribution in [1.82, 2.24) is 15.5 Å². The second-order valence-electron chi connectivity index (χ2n) is 6.06. The molecular formula is C17H24Cl2N4O2. The molecule has 0 spiro atoms. The lowest BCUT2D eigenvalue weighted by Crippen LogP contribution is -2.45. The molecule has 138 valence electrons. The van der Waals surface area contributed by atoms with Crippen LogP contribution in [0.4, 0.5) is 0 Å². The number of carbonyl (C=O) groups is 1. The molecule has 1 fully saturated rings. The standard InChI is InChI=1S/C17H24Cl2N4O2/c1-23(2)16(24)11-22-17(21-10-14-4-3-7-25-14)20-9-12-5-6-13(18)8-15(12)19/h5-6,8,14H,3-4,7,9-11H2,1-2H3,(H2,20,21,22). The summed E-state index contributed by atoms with van der Waals surface area (Å²) < 4.78 is 5.61. The lowest BCUT2D eigenvalue weighted by molar-refractivity contribution is -0.127. The van der Waals surface area contributed by atoms with Crippen LogP contribution < -0.4 is 10.6 Å². The predicted molar refractivity (Wildman–Crippen MR) is 101 cm³/mol. The van der Waals surface area contributed by atoms with E-state index in [9.17, 15) is 4.79 Å². The van der Waals surface area contributed by atoms with E-state index in [1.165, 1.54) is 4.90 Å². The summed E-state index contributed by atoms with van der Waals surface area (Å²) in [5.41, 5.74) is 0.864. The molecule has 2 N–H and O–H groups in total. The Kier molecular flexibility index (Phi) is 7.81. The van der Waals surface area contributed by atoms with E-state index >= 15 is 0 Å². The summed E-state index contributed by atoms with van der Waals surface area (Å²) in [6.45, 7) is 1.99. The summed E-state index contributed by atoms with van der Waals surface area (Å²) >= 11 is 12.1. The molecule has 1 unspecified atom stereocenters. The van der Waals surface area contributed by atoms with Crippen molar-refractivity contribution >= 4 is 35.1 Å². The van der Waals surface area contributed by atoms with Gasteiger partial charge in [0.15, 0.2) is 5.96 Å². The molecule has 0 aliphatic carbocycles. The largest absolute Gasteiger partial charge is 0.376 e. The van der Waals surface area contributed by atoms with Gasteiger partial charge < -0.3 is 20.3 Å². The summed E-state index contributed by atoms with van der Waals surface area (Å²) in [5, 5.41) is 7.44. The Hall–Kier alpha value is -1.50. The van der Waals surface area contributed by atoms with Gasteiger partial charge in [-0.15, -0.1) is 0 Å². The van der Waals surface area contributed by atoms with Gasteiger partial charge in [0.1, 0.15) is 0 Å². The van der Waals surface area contributed by atoms with Crippen LogP contribution in [0.1, 0.15) is 18.4 Å². The first-order chi connectivity index (χ1) is 12.0. The Morgan fingerprint density at radius 1 is 1.36 bits per heavy atom. The van der Waals surface area contributed by atoms with Crippen molar-refractivity contribution in [2.45, 2.75) is 25.5 Å². The zero-order valence-corrected chi connectivity index (χ0v) is 16.0. The second-order valence-corrected chi connectivity index (χ2v) is 6.90. The van der Waals surface area contributed by atoms with Crippen LogP contribution in [0.3, 0.4) is 0 Å². The van der Waals surface area contributed by atoms with Crippen molar-refractivity contribution in [2.24, 2.45) is 4.99 Å².